The van der Waals surface area contributed by atoms with Gasteiger partial charge in [-0.05, 0) is 43.5 Å². The van der Waals surface area contributed by atoms with Crippen molar-refractivity contribution in [2.75, 3.05) is 20.2 Å². The fourth-order valence-corrected chi connectivity index (χ4v) is 4.37. The first-order chi connectivity index (χ1) is 16.5. The van der Waals surface area contributed by atoms with E-state index in [9.17, 15) is 9.59 Å². The van der Waals surface area contributed by atoms with E-state index in [0.29, 0.717) is 42.4 Å². The van der Waals surface area contributed by atoms with Crippen molar-refractivity contribution in [1.82, 2.24) is 29.9 Å². The zero-order valence-corrected chi connectivity index (χ0v) is 19.2. The van der Waals surface area contributed by atoms with Crippen LogP contribution < -0.4 is 10.3 Å². The third-order valence-corrected chi connectivity index (χ3v) is 6.26. The highest BCUT2D eigenvalue weighted by Crippen LogP contribution is 2.26. The van der Waals surface area contributed by atoms with Gasteiger partial charge in [-0.15, -0.1) is 5.10 Å². The van der Waals surface area contributed by atoms with Gasteiger partial charge >= 0.3 is 0 Å². The molecule has 3 heterocycles. The number of amides is 1. The molecule has 1 amide bonds. The molecule has 0 aliphatic carbocycles. The standard InChI is InChI=1S/C25H26N6O3/c1-16-8-10-17(11-9-16)14-31-23-21(28-29-31)24(32)27-22(26-23)19-6-4-12-30(15-19)25(33)18-5-3-7-20(13-18)34-2/h3,5,7-11,13,19H,4,6,12,14-15H2,1-2H3,(H,26,27,32)/t19-/m0/s1. The van der Waals surface area contributed by atoms with Gasteiger partial charge in [0.2, 0.25) is 0 Å². The topological polar surface area (TPSA) is 106 Å². The second-order valence-electron chi connectivity index (χ2n) is 8.68. The van der Waals surface area contributed by atoms with Crippen molar-refractivity contribution in [3.05, 3.63) is 81.4 Å². The van der Waals surface area contributed by atoms with E-state index in [1.807, 2.05) is 48.2 Å². The zero-order chi connectivity index (χ0) is 23.7. The molecule has 1 aliphatic rings. The number of likely N-dealkylation sites (tertiary alicyclic amines) is 1. The summed E-state index contributed by atoms with van der Waals surface area (Å²) in [4.78, 5) is 35.3. The lowest BCUT2D eigenvalue weighted by atomic mass is 9.96. The number of H-pyrrole nitrogens is 1. The first-order valence-corrected chi connectivity index (χ1v) is 11.3. The number of aryl methyl sites for hydroxylation is 1. The molecule has 1 fully saturated rings. The fourth-order valence-electron chi connectivity index (χ4n) is 4.37. The summed E-state index contributed by atoms with van der Waals surface area (Å²) in [5.41, 5.74) is 3.17. The third-order valence-electron chi connectivity index (χ3n) is 6.26. The Balaban J connectivity index is 1.41. The minimum atomic E-state index is -0.314. The van der Waals surface area contributed by atoms with E-state index >= 15 is 0 Å². The molecular formula is C25H26N6O3. The molecule has 2 aromatic carbocycles. The number of hydrogen-bond acceptors (Lipinski definition) is 6. The van der Waals surface area contributed by atoms with Gasteiger partial charge in [0.15, 0.2) is 11.2 Å². The molecule has 2 aromatic heterocycles. The van der Waals surface area contributed by atoms with E-state index in [-0.39, 0.29) is 22.9 Å². The molecule has 1 N–H and O–H groups in total. The van der Waals surface area contributed by atoms with Crippen LogP contribution in [0, 0.1) is 6.92 Å². The monoisotopic (exact) mass is 458 g/mol. The summed E-state index contributed by atoms with van der Waals surface area (Å²) in [5, 5.41) is 8.21. The number of aromatic amines is 1. The van der Waals surface area contributed by atoms with Crippen LogP contribution in [-0.4, -0.2) is 56.0 Å². The molecule has 174 valence electrons. The van der Waals surface area contributed by atoms with Crippen LogP contribution in [-0.2, 0) is 6.54 Å². The van der Waals surface area contributed by atoms with Crippen LogP contribution in [0.4, 0.5) is 0 Å². The predicted molar refractivity (Wildman–Crippen MR) is 127 cm³/mol. The third kappa shape index (κ3) is 4.28. The van der Waals surface area contributed by atoms with Gasteiger partial charge in [-0.3, -0.25) is 9.59 Å². The van der Waals surface area contributed by atoms with E-state index in [1.165, 1.54) is 5.56 Å². The van der Waals surface area contributed by atoms with Crippen LogP contribution in [0.1, 0.15) is 46.1 Å². The molecular weight excluding hydrogens is 432 g/mol. The molecule has 0 unspecified atom stereocenters. The van der Waals surface area contributed by atoms with Gasteiger partial charge in [0.1, 0.15) is 11.6 Å². The van der Waals surface area contributed by atoms with E-state index < -0.39 is 0 Å². The first kappa shape index (κ1) is 21.8. The molecule has 0 spiro atoms. The van der Waals surface area contributed by atoms with Crippen molar-refractivity contribution in [3.8, 4) is 5.75 Å². The number of fused-ring (bicyclic) bond motifs is 1. The Labute approximate surface area is 196 Å². The van der Waals surface area contributed by atoms with E-state index in [4.69, 9.17) is 9.72 Å². The summed E-state index contributed by atoms with van der Waals surface area (Å²) in [6, 6.07) is 15.3. The van der Waals surface area contributed by atoms with E-state index in [2.05, 4.69) is 15.3 Å². The van der Waals surface area contributed by atoms with E-state index in [1.54, 1.807) is 23.9 Å². The van der Waals surface area contributed by atoms with Crippen molar-refractivity contribution in [1.29, 1.82) is 0 Å². The largest absolute Gasteiger partial charge is 0.497 e. The van der Waals surface area contributed by atoms with Gasteiger partial charge in [0.05, 0.1) is 13.7 Å². The number of hydrogen-bond donors (Lipinski definition) is 1. The normalized spacial score (nSPS) is 16.1. The number of ether oxygens (including phenoxy) is 1. The molecule has 34 heavy (non-hydrogen) atoms. The van der Waals surface area contributed by atoms with Crippen molar-refractivity contribution in [2.45, 2.75) is 32.2 Å². The number of piperidine rings is 1. The Morgan fingerprint density at radius 3 is 2.82 bits per heavy atom. The lowest BCUT2D eigenvalue weighted by molar-refractivity contribution is 0.0704. The number of aromatic nitrogens is 5. The summed E-state index contributed by atoms with van der Waals surface area (Å²) in [6.45, 7) is 3.64. The average molecular weight is 459 g/mol. The van der Waals surface area contributed by atoms with Crippen LogP contribution in [0.15, 0.2) is 53.3 Å². The summed E-state index contributed by atoms with van der Waals surface area (Å²) in [7, 11) is 1.58. The molecule has 9 nitrogen and oxygen atoms in total. The Bertz CT molecular complexity index is 1390. The fraction of sp³-hybridized carbons (Fsp3) is 0.320. The van der Waals surface area contributed by atoms with Crippen molar-refractivity contribution in [2.24, 2.45) is 0 Å². The van der Waals surface area contributed by atoms with E-state index in [0.717, 1.165) is 18.4 Å². The highest BCUT2D eigenvalue weighted by atomic mass is 16.5. The maximum atomic E-state index is 13.1. The Kier molecular flexibility index (Phi) is 5.83. The van der Waals surface area contributed by atoms with Crippen molar-refractivity contribution < 1.29 is 9.53 Å². The molecule has 0 radical (unpaired) electrons. The summed E-state index contributed by atoms with van der Waals surface area (Å²) in [6.07, 6.45) is 1.65. The number of nitrogens with zero attached hydrogens (tertiary/aromatic N) is 5. The number of methoxy groups -OCH3 is 1. The highest BCUT2D eigenvalue weighted by Gasteiger charge is 2.28. The van der Waals surface area contributed by atoms with Crippen molar-refractivity contribution >= 4 is 17.1 Å². The Morgan fingerprint density at radius 2 is 2.03 bits per heavy atom. The van der Waals surface area contributed by atoms with Gasteiger partial charge in [-0.25, -0.2) is 9.67 Å². The second kappa shape index (κ2) is 9.09. The average Bonchev–Trinajstić information content (AvgIpc) is 3.28. The Morgan fingerprint density at radius 1 is 1.21 bits per heavy atom. The molecule has 1 saturated heterocycles. The maximum Gasteiger partial charge on any atom is 0.281 e. The van der Waals surface area contributed by atoms with Crippen LogP contribution >= 0.6 is 0 Å². The summed E-state index contributed by atoms with van der Waals surface area (Å²) < 4.78 is 6.91. The van der Waals surface area contributed by atoms with Crippen LogP contribution in [0.25, 0.3) is 11.2 Å². The number of nitrogens with one attached hydrogen (secondary N) is 1. The van der Waals surface area contributed by atoms with Crippen molar-refractivity contribution in [3.63, 3.8) is 0 Å². The SMILES string of the molecule is COc1cccc(C(=O)N2CCC[C@H](c3nc4c(nnn4Cc4ccc(C)cc4)c(=O)[nH]3)C2)c1. The quantitative estimate of drug-likeness (QED) is 0.493. The molecule has 1 atom stereocenters. The van der Waals surface area contributed by atoms with Gasteiger partial charge in [0, 0.05) is 24.6 Å². The first-order valence-electron chi connectivity index (χ1n) is 11.3. The van der Waals surface area contributed by atoms with Crippen LogP contribution in [0.3, 0.4) is 0 Å². The number of benzene rings is 2. The van der Waals surface area contributed by atoms with Gasteiger partial charge in [0.25, 0.3) is 11.5 Å². The molecule has 9 heteroatoms. The minimum Gasteiger partial charge on any atom is -0.497 e. The van der Waals surface area contributed by atoms with Crippen LogP contribution in [0.2, 0.25) is 0 Å². The number of rotatable bonds is 5. The highest BCUT2D eigenvalue weighted by molar-refractivity contribution is 5.94. The molecule has 0 saturated carbocycles. The number of carbonyl (C=O) groups is 1. The lowest BCUT2D eigenvalue weighted by Crippen LogP contribution is -2.40. The second-order valence-corrected chi connectivity index (χ2v) is 8.68. The van der Waals surface area contributed by atoms with Gasteiger partial charge < -0.3 is 14.6 Å². The predicted octanol–water partition coefficient (Wildman–Crippen LogP) is 2.90. The smallest absolute Gasteiger partial charge is 0.281 e. The minimum absolute atomic E-state index is 0.0573. The molecule has 5 rings (SSSR count). The van der Waals surface area contributed by atoms with Gasteiger partial charge in [-0.1, -0.05) is 41.1 Å². The summed E-state index contributed by atoms with van der Waals surface area (Å²) >= 11 is 0. The Hall–Kier alpha value is -4.01. The van der Waals surface area contributed by atoms with Crippen LogP contribution in [0.5, 0.6) is 5.75 Å². The lowest BCUT2D eigenvalue weighted by Gasteiger charge is -2.32. The number of carbonyl (C=O) groups excluding carboxylic acids is 1. The molecule has 1 aliphatic heterocycles. The summed E-state index contributed by atoms with van der Waals surface area (Å²) in [5.74, 6) is 1.07. The molecule has 4 aromatic rings. The maximum absolute atomic E-state index is 13.1. The zero-order valence-electron chi connectivity index (χ0n) is 19.2. The molecule has 0 bridgehead atoms. The van der Waals surface area contributed by atoms with Gasteiger partial charge in [-0.2, -0.15) is 0 Å².